The summed E-state index contributed by atoms with van der Waals surface area (Å²) in [6.07, 6.45) is 0.961. The molecule has 136 valence electrons. The van der Waals surface area contributed by atoms with Crippen molar-refractivity contribution < 1.29 is 31.2 Å². The number of hydrogen-bond donors (Lipinski definition) is 1. The molecule has 11 heteroatoms. The van der Waals surface area contributed by atoms with Crippen LogP contribution in [0.5, 0.6) is 0 Å². The summed E-state index contributed by atoms with van der Waals surface area (Å²) in [6, 6.07) is 2.49. The van der Waals surface area contributed by atoms with Crippen molar-refractivity contribution in [2.75, 3.05) is 18.9 Å². The predicted molar refractivity (Wildman–Crippen MR) is 81.6 cm³/mol. The van der Waals surface area contributed by atoms with Gasteiger partial charge in [-0.1, -0.05) is 6.07 Å². The number of carbonyl (C=O) groups is 1. The van der Waals surface area contributed by atoms with Gasteiger partial charge in [0.1, 0.15) is 23.0 Å². The van der Waals surface area contributed by atoms with E-state index in [1.807, 2.05) is 0 Å². The summed E-state index contributed by atoms with van der Waals surface area (Å²) in [4.78, 5) is 15.4. The van der Waals surface area contributed by atoms with Gasteiger partial charge in [0.05, 0.1) is 7.11 Å². The molecular formula is C14H14F3N3O4S. The SMILES string of the molecule is CON(C)C(=O)c1c(F)c(NS(=O)(=O)c2c(F)cccc2F)cn1C. The second-order valence-corrected chi connectivity index (χ2v) is 6.58. The van der Waals surface area contributed by atoms with Crippen LogP contribution in [-0.4, -0.2) is 38.1 Å². The molecule has 1 aromatic heterocycles. The topological polar surface area (TPSA) is 80.6 Å². The summed E-state index contributed by atoms with van der Waals surface area (Å²) >= 11 is 0. The van der Waals surface area contributed by atoms with Gasteiger partial charge in [-0.2, -0.15) is 0 Å². The summed E-state index contributed by atoms with van der Waals surface area (Å²) in [6.45, 7) is 0. The number of nitrogens with zero attached hydrogens (tertiary/aromatic N) is 2. The predicted octanol–water partition coefficient (Wildman–Crippen LogP) is 1.88. The first-order chi connectivity index (χ1) is 11.6. The first kappa shape index (κ1) is 18.8. The van der Waals surface area contributed by atoms with Gasteiger partial charge in [0, 0.05) is 20.3 Å². The number of hydroxylamine groups is 2. The lowest BCUT2D eigenvalue weighted by atomic mass is 10.3. The van der Waals surface area contributed by atoms with E-state index in [4.69, 9.17) is 0 Å². The fourth-order valence-electron chi connectivity index (χ4n) is 2.08. The monoisotopic (exact) mass is 377 g/mol. The zero-order valence-corrected chi connectivity index (χ0v) is 14.2. The van der Waals surface area contributed by atoms with Crippen molar-refractivity contribution in [3.8, 4) is 0 Å². The second kappa shape index (κ2) is 6.76. The highest BCUT2D eigenvalue weighted by atomic mass is 32.2. The van der Waals surface area contributed by atoms with Crippen LogP contribution >= 0.6 is 0 Å². The molecule has 1 aromatic carbocycles. The first-order valence-electron chi connectivity index (χ1n) is 6.74. The number of amides is 1. The van der Waals surface area contributed by atoms with Gasteiger partial charge in [-0.3, -0.25) is 14.4 Å². The quantitative estimate of drug-likeness (QED) is 0.807. The van der Waals surface area contributed by atoms with Crippen LogP contribution in [0.4, 0.5) is 18.9 Å². The number of carbonyl (C=O) groups excluding carboxylic acids is 1. The van der Waals surface area contributed by atoms with Gasteiger partial charge in [0.15, 0.2) is 10.7 Å². The third-order valence-corrected chi connectivity index (χ3v) is 4.73. The van der Waals surface area contributed by atoms with Gasteiger partial charge in [-0.15, -0.1) is 0 Å². The lowest BCUT2D eigenvalue weighted by Crippen LogP contribution is -2.28. The van der Waals surface area contributed by atoms with Crippen LogP contribution < -0.4 is 4.72 Å². The van der Waals surface area contributed by atoms with Crippen LogP contribution in [-0.2, 0) is 21.9 Å². The van der Waals surface area contributed by atoms with Crippen molar-refractivity contribution in [1.82, 2.24) is 9.63 Å². The number of aryl methyl sites for hydroxylation is 1. The Morgan fingerprint density at radius 1 is 1.24 bits per heavy atom. The molecular weight excluding hydrogens is 363 g/mol. The molecule has 25 heavy (non-hydrogen) atoms. The molecule has 0 saturated heterocycles. The summed E-state index contributed by atoms with van der Waals surface area (Å²) in [5, 5.41) is 0.729. The molecule has 7 nitrogen and oxygen atoms in total. The number of anilines is 1. The van der Waals surface area contributed by atoms with Crippen LogP contribution in [0.1, 0.15) is 10.5 Å². The Hall–Kier alpha value is -2.53. The van der Waals surface area contributed by atoms with E-state index in [1.54, 1.807) is 4.72 Å². The van der Waals surface area contributed by atoms with E-state index in [2.05, 4.69) is 4.84 Å². The number of nitrogens with one attached hydrogen (secondary N) is 1. The van der Waals surface area contributed by atoms with Gasteiger partial charge in [-0.05, 0) is 12.1 Å². The van der Waals surface area contributed by atoms with Crippen molar-refractivity contribution in [3.05, 3.63) is 47.5 Å². The molecule has 0 aliphatic rings. The highest BCUT2D eigenvalue weighted by Crippen LogP contribution is 2.26. The van der Waals surface area contributed by atoms with E-state index in [0.717, 1.165) is 34.0 Å². The van der Waals surface area contributed by atoms with Crippen molar-refractivity contribution >= 4 is 21.6 Å². The average molecular weight is 377 g/mol. The van der Waals surface area contributed by atoms with E-state index < -0.39 is 49.7 Å². The van der Waals surface area contributed by atoms with E-state index in [-0.39, 0.29) is 0 Å². The molecule has 2 aromatic rings. The normalized spacial score (nSPS) is 11.4. The molecule has 0 aliphatic heterocycles. The van der Waals surface area contributed by atoms with Gasteiger partial charge >= 0.3 is 0 Å². The molecule has 0 spiro atoms. The first-order valence-corrected chi connectivity index (χ1v) is 8.22. The molecule has 0 unspecified atom stereocenters. The average Bonchev–Trinajstić information content (AvgIpc) is 2.78. The second-order valence-electron chi connectivity index (χ2n) is 4.96. The minimum atomic E-state index is -4.76. The Balaban J connectivity index is 2.47. The van der Waals surface area contributed by atoms with E-state index in [1.165, 1.54) is 21.2 Å². The lowest BCUT2D eigenvalue weighted by molar-refractivity contribution is -0.0765. The third kappa shape index (κ3) is 3.46. The molecule has 1 amide bonds. The van der Waals surface area contributed by atoms with Crippen LogP contribution in [0.3, 0.4) is 0 Å². The van der Waals surface area contributed by atoms with Crippen LogP contribution in [0.15, 0.2) is 29.3 Å². The smallest absolute Gasteiger partial charge is 0.296 e. The maximum Gasteiger partial charge on any atom is 0.296 e. The molecule has 0 fully saturated rings. The Bertz CT molecular complexity index is 907. The van der Waals surface area contributed by atoms with Crippen LogP contribution in [0.2, 0.25) is 0 Å². The van der Waals surface area contributed by atoms with Crippen molar-refractivity contribution in [2.45, 2.75) is 4.90 Å². The van der Waals surface area contributed by atoms with Crippen molar-refractivity contribution in [3.63, 3.8) is 0 Å². The lowest BCUT2D eigenvalue weighted by Gasteiger charge is -2.13. The molecule has 0 radical (unpaired) electrons. The number of sulfonamides is 1. The Morgan fingerprint density at radius 3 is 2.32 bits per heavy atom. The fourth-order valence-corrected chi connectivity index (χ4v) is 3.26. The molecule has 2 rings (SSSR count). The van der Waals surface area contributed by atoms with Crippen LogP contribution in [0.25, 0.3) is 0 Å². The maximum atomic E-state index is 14.4. The molecule has 0 bridgehead atoms. The molecule has 1 heterocycles. The largest absolute Gasteiger partial charge is 0.342 e. The van der Waals surface area contributed by atoms with Crippen molar-refractivity contribution in [2.24, 2.45) is 7.05 Å². The van der Waals surface area contributed by atoms with Gasteiger partial charge in [0.2, 0.25) is 0 Å². The molecule has 1 N–H and O–H groups in total. The van der Waals surface area contributed by atoms with Gasteiger partial charge in [-0.25, -0.2) is 26.7 Å². The highest BCUT2D eigenvalue weighted by Gasteiger charge is 2.29. The summed E-state index contributed by atoms with van der Waals surface area (Å²) < 4.78 is 68.9. The number of aromatic nitrogens is 1. The maximum absolute atomic E-state index is 14.4. The minimum absolute atomic E-state index is 0.504. The summed E-state index contributed by atoms with van der Waals surface area (Å²) in [5.41, 5.74) is -1.14. The number of hydrogen-bond acceptors (Lipinski definition) is 4. The zero-order chi connectivity index (χ0) is 18.9. The zero-order valence-electron chi connectivity index (χ0n) is 13.4. The van der Waals surface area contributed by atoms with Gasteiger partial charge < -0.3 is 4.57 Å². The molecule has 0 atom stereocenters. The van der Waals surface area contributed by atoms with Crippen molar-refractivity contribution in [1.29, 1.82) is 0 Å². The van der Waals surface area contributed by atoms with E-state index >= 15 is 0 Å². The number of halogens is 3. The number of benzene rings is 1. The Morgan fingerprint density at radius 2 is 1.80 bits per heavy atom. The van der Waals surface area contributed by atoms with Crippen LogP contribution in [0, 0.1) is 17.5 Å². The summed E-state index contributed by atoms with van der Waals surface area (Å²) in [7, 11) is -1.06. The standard InChI is InChI=1S/C14H14F3N3O4S/c1-19-7-10(11(17)12(19)14(21)20(2)24-3)18-25(22,23)13-8(15)5-4-6-9(13)16/h4-7,18H,1-3H3. The Labute approximate surface area is 141 Å². The fraction of sp³-hybridized carbons (Fsp3) is 0.214. The Kier molecular flexibility index (Phi) is 5.09. The third-order valence-electron chi connectivity index (χ3n) is 3.31. The number of rotatable bonds is 5. The van der Waals surface area contributed by atoms with E-state index in [0.29, 0.717) is 0 Å². The molecule has 0 saturated carbocycles. The van der Waals surface area contributed by atoms with Gasteiger partial charge in [0.25, 0.3) is 15.9 Å². The molecule has 0 aliphatic carbocycles. The highest BCUT2D eigenvalue weighted by molar-refractivity contribution is 7.92. The van der Waals surface area contributed by atoms with E-state index in [9.17, 15) is 26.4 Å². The minimum Gasteiger partial charge on any atom is -0.342 e. The summed E-state index contributed by atoms with van der Waals surface area (Å²) in [5.74, 6) is -4.76.